The number of aromatic nitrogens is 2. The Labute approximate surface area is 236 Å². The van der Waals surface area contributed by atoms with Crippen molar-refractivity contribution >= 4 is 23.3 Å². The lowest BCUT2D eigenvalue weighted by molar-refractivity contribution is -0.130. The molecule has 2 fully saturated rings. The van der Waals surface area contributed by atoms with Crippen molar-refractivity contribution in [3.63, 3.8) is 0 Å². The van der Waals surface area contributed by atoms with Gasteiger partial charge in [-0.25, -0.2) is 9.48 Å². The second-order valence-electron chi connectivity index (χ2n) is 12.1. The van der Waals surface area contributed by atoms with E-state index in [0.29, 0.717) is 24.0 Å². The highest BCUT2D eigenvalue weighted by atomic mass is 16.5. The quantitative estimate of drug-likeness (QED) is 0.342. The van der Waals surface area contributed by atoms with Crippen LogP contribution in [0, 0.1) is 12.8 Å². The van der Waals surface area contributed by atoms with Crippen LogP contribution in [0.2, 0.25) is 0 Å². The average Bonchev–Trinajstić information content (AvgIpc) is 3.62. The van der Waals surface area contributed by atoms with Crippen LogP contribution in [0.5, 0.6) is 0 Å². The van der Waals surface area contributed by atoms with Crippen LogP contribution in [0.4, 0.5) is 16.3 Å². The molecule has 3 N–H and O–H groups in total. The fourth-order valence-corrected chi connectivity index (χ4v) is 5.62. The van der Waals surface area contributed by atoms with Gasteiger partial charge >= 0.3 is 6.03 Å². The first-order chi connectivity index (χ1) is 19.2. The Hall–Kier alpha value is -3.49. The summed E-state index contributed by atoms with van der Waals surface area (Å²) in [5, 5.41) is 14.1. The summed E-state index contributed by atoms with van der Waals surface area (Å²) < 4.78 is 7.54. The number of nitrogens with zero attached hydrogens (tertiary/aromatic N) is 2. The molecule has 0 bridgehead atoms. The number of carbonyl (C=O) groups is 2. The van der Waals surface area contributed by atoms with E-state index in [1.54, 1.807) is 4.68 Å². The average molecular weight is 544 g/mol. The number of aryl methyl sites for hydroxylation is 1. The topological polar surface area (TPSA) is 97.3 Å². The Morgan fingerprint density at radius 2 is 1.70 bits per heavy atom. The first-order valence-electron chi connectivity index (χ1n) is 14.4. The second kappa shape index (κ2) is 11.9. The van der Waals surface area contributed by atoms with Crippen molar-refractivity contribution in [1.82, 2.24) is 15.1 Å². The summed E-state index contributed by atoms with van der Waals surface area (Å²) in [7, 11) is 0. The van der Waals surface area contributed by atoms with Crippen LogP contribution >= 0.6 is 0 Å². The Morgan fingerprint density at radius 1 is 1.00 bits per heavy atom. The van der Waals surface area contributed by atoms with E-state index in [2.05, 4.69) is 36.7 Å². The van der Waals surface area contributed by atoms with E-state index in [1.165, 1.54) is 0 Å². The number of piperidine rings is 1. The molecule has 2 saturated heterocycles. The maximum absolute atomic E-state index is 13.5. The standard InChI is InChI=1S/C32H41N5O3/c1-21-7-13-25(14-8-21)37-28(20-27(36-37)32(2,3)4)35-31(39)34-24-11-9-22(10-12-24)29(23-15-17-33-18-16-23)30(38)26-6-5-19-40-26/h7-14,20,23,26,29,33H,5-6,15-19H2,1-4H3,(H2,34,35,39). The van der Waals surface area contributed by atoms with Gasteiger partial charge in [-0.1, -0.05) is 50.6 Å². The van der Waals surface area contributed by atoms with Crippen LogP contribution in [-0.2, 0) is 14.9 Å². The first-order valence-corrected chi connectivity index (χ1v) is 14.4. The van der Waals surface area contributed by atoms with Crippen LogP contribution in [0.1, 0.15) is 69.2 Å². The first kappa shape index (κ1) is 28.1. The highest BCUT2D eigenvalue weighted by molar-refractivity contribution is 5.99. The predicted octanol–water partition coefficient (Wildman–Crippen LogP) is 5.95. The van der Waals surface area contributed by atoms with E-state index in [9.17, 15) is 9.59 Å². The lowest BCUT2D eigenvalue weighted by atomic mass is 9.76. The molecule has 0 aliphatic carbocycles. The van der Waals surface area contributed by atoms with Gasteiger partial charge in [-0.05, 0) is 81.4 Å². The molecule has 2 aromatic carbocycles. The molecule has 5 rings (SSSR count). The molecule has 40 heavy (non-hydrogen) atoms. The Morgan fingerprint density at radius 3 is 2.33 bits per heavy atom. The van der Waals surface area contributed by atoms with Crippen molar-refractivity contribution in [3.05, 3.63) is 71.4 Å². The summed E-state index contributed by atoms with van der Waals surface area (Å²) in [4.78, 5) is 26.6. The van der Waals surface area contributed by atoms with Gasteiger partial charge < -0.3 is 15.4 Å². The fraction of sp³-hybridized carbons (Fsp3) is 0.469. The number of anilines is 2. The zero-order valence-corrected chi connectivity index (χ0v) is 24.0. The van der Waals surface area contributed by atoms with E-state index in [4.69, 9.17) is 9.84 Å². The minimum absolute atomic E-state index is 0.176. The van der Waals surface area contributed by atoms with Gasteiger partial charge in [0.15, 0.2) is 5.78 Å². The number of ketones is 1. The number of nitrogens with one attached hydrogen (secondary N) is 3. The highest BCUT2D eigenvalue weighted by Crippen LogP contribution is 2.35. The Balaban J connectivity index is 1.32. The highest BCUT2D eigenvalue weighted by Gasteiger charge is 2.36. The molecule has 3 aromatic rings. The zero-order valence-electron chi connectivity index (χ0n) is 24.0. The molecule has 2 unspecified atom stereocenters. The SMILES string of the molecule is Cc1ccc(-n2nc(C(C)(C)C)cc2NC(=O)Nc2ccc(C(C(=O)C3CCCO3)C3CCNCC3)cc2)cc1. The van der Waals surface area contributed by atoms with Gasteiger partial charge in [-0.2, -0.15) is 5.10 Å². The molecule has 8 heteroatoms. The molecule has 2 atom stereocenters. The van der Waals surface area contributed by atoms with Gasteiger partial charge in [0, 0.05) is 29.7 Å². The van der Waals surface area contributed by atoms with E-state index < -0.39 is 0 Å². The monoisotopic (exact) mass is 543 g/mol. The summed E-state index contributed by atoms with van der Waals surface area (Å²) in [5.41, 5.74) is 4.39. The third-order valence-corrected chi connectivity index (χ3v) is 7.93. The smallest absolute Gasteiger partial charge is 0.324 e. The number of benzene rings is 2. The van der Waals surface area contributed by atoms with Crippen LogP contribution in [-0.4, -0.2) is 47.4 Å². The van der Waals surface area contributed by atoms with Crippen LogP contribution in [0.15, 0.2) is 54.6 Å². The molecular formula is C32H41N5O3. The minimum Gasteiger partial charge on any atom is -0.370 e. The molecule has 0 spiro atoms. The number of amides is 2. The predicted molar refractivity (Wildman–Crippen MR) is 158 cm³/mol. The van der Waals surface area contributed by atoms with Crippen molar-refractivity contribution < 1.29 is 14.3 Å². The number of hydrogen-bond acceptors (Lipinski definition) is 5. The third kappa shape index (κ3) is 6.45. The maximum Gasteiger partial charge on any atom is 0.324 e. The Bertz CT molecular complexity index is 1310. The van der Waals surface area contributed by atoms with E-state index in [0.717, 1.165) is 61.3 Å². The van der Waals surface area contributed by atoms with Crippen molar-refractivity contribution in [3.8, 4) is 5.69 Å². The van der Waals surface area contributed by atoms with Crippen molar-refractivity contribution in [2.24, 2.45) is 5.92 Å². The molecular weight excluding hydrogens is 502 g/mol. The molecule has 212 valence electrons. The largest absolute Gasteiger partial charge is 0.370 e. The lowest BCUT2D eigenvalue weighted by Gasteiger charge is -2.31. The van der Waals surface area contributed by atoms with Gasteiger partial charge in [0.25, 0.3) is 0 Å². The Kier molecular flexibility index (Phi) is 8.38. The number of urea groups is 1. The number of rotatable bonds is 7. The lowest BCUT2D eigenvalue weighted by Crippen LogP contribution is -2.37. The number of ether oxygens (including phenoxy) is 1. The van der Waals surface area contributed by atoms with E-state index >= 15 is 0 Å². The molecule has 3 heterocycles. The number of carbonyl (C=O) groups excluding carboxylic acids is 2. The molecule has 2 aliphatic heterocycles. The van der Waals surface area contributed by atoms with Gasteiger partial charge in [-0.3, -0.25) is 10.1 Å². The fourth-order valence-electron chi connectivity index (χ4n) is 5.62. The zero-order chi connectivity index (χ0) is 28.3. The van der Waals surface area contributed by atoms with Crippen LogP contribution in [0.25, 0.3) is 5.69 Å². The van der Waals surface area contributed by atoms with Crippen molar-refractivity contribution in [2.75, 3.05) is 30.3 Å². The summed E-state index contributed by atoms with van der Waals surface area (Å²) in [6.07, 6.45) is 3.37. The van der Waals surface area contributed by atoms with Gasteiger partial charge in [-0.15, -0.1) is 0 Å². The van der Waals surface area contributed by atoms with Crippen LogP contribution in [0.3, 0.4) is 0 Å². The van der Waals surface area contributed by atoms with Crippen molar-refractivity contribution in [2.45, 2.75) is 70.8 Å². The molecule has 0 radical (unpaired) electrons. The van der Waals surface area contributed by atoms with Crippen molar-refractivity contribution in [1.29, 1.82) is 0 Å². The van der Waals surface area contributed by atoms with Crippen LogP contribution < -0.4 is 16.0 Å². The van der Waals surface area contributed by atoms with Gasteiger partial charge in [0.1, 0.15) is 11.9 Å². The normalized spacial score (nSPS) is 18.9. The second-order valence-corrected chi connectivity index (χ2v) is 12.1. The molecule has 2 amide bonds. The van der Waals surface area contributed by atoms with Gasteiger partial charge in [0.05, 0.1) is 11.4 Å². The van der Waals surface area contributed by atoms with E-state index in [1.807, 2.05) is 61.5 Å². The number of Topliss-reactive ketones (excluding diaryl/α,β-unsaturated/α-hetero) is 1. The maximum atomic E-state index is 13.5. The molecule has 2 aliphatic rings. The molecule has 8 nitrogen and oxygen atoms in total. The van der Waals surface area contributed by atoms with E-state index in [-0.39, 0.29) is 29.3 Å². The molecule has 1 aromatic heterocycles. The van der Waals surface area contributed by atoms with Gasteiger partial charge in [0.2, 0.25) is 0 Å². The summed E-state index contributed by atoms with van der Waals surface area (Å²) in [6.45, 7) is 10.8. The summed E-state index contributed by atoms with van der Waals surface area (Å²) in [5.74, 6) is 0.893. The summed E-state index contributed by atoms with van der Waals surface area (Å²) in [6, 6.07) is 17.3. The third-order valence-electron chi connectivity index (χ3n) is 7.93. The molecule has 0 saturated carbocycles. The minimum atomic E-state index is -0.355. The number of hydrogen-bond donors (Lipinski definition) is 3. The summed E-state index contributed by atoms with van der Waals surface area (Å²) >= 11 is 0.